The van der Waals surface area contributed by atoms with Crippen molar-refractivity contribution in [3.05, 3.63) is 34.9 Å². The van der Waals surface area contributed by atoms with Crippen molar-refractivity contribution in [1.29, 1.82) is 0 Å². The van der Waals surface area contributed by atoms with Crippen LogP contribution in [0.3, 0.4) is 0 Å². The van der Waals surface area contributed by atoms with Crippen molar-refractivity contribution in [3.8, 4) is 0 Å². The van der Waals surface area contributed by atoms with Crippen molar-refractivity contribution in [3.63, 3.8) is 0 Å². The second-order valence-electron chi connectivity index (χ2n) is 5.62. The highest BCUT2D eigenvalue weighted by molar-refractivity contribution is 6.18. The minimum atomic E-state index is 0.439. The molecule has 0 bridgehead atoms. The molecule has 0 heterocycles. The fraction of sp³-hybridized carbons (Fsp3) is 0.600. The lowest BCUT2D eigenvalue weighted by molar-refractivity contribution is 0.166. The lowest BCUT2D eigenvalue weighted by Crippen LogP contribution is -2.33. The Labute approximate surface area is 103 Å². The quantitative estimate of drug-likeness (QED) is 0.690. The molecule has 1 saturated carbocycles. The highest BCUT2D eigenvalue weighted by Gasteiger charge is 2.36. The zero-order valence-corrected chi connectivity index (χ0v) is 10.5. The summed E-state index contributed by atoms with van der Waals surface area (Å²) in [5.74, 6) is 0.837. The predicted octanol–water partition coefficient (Wildman–Crippen LogP) is 4.13. The van der Waals surface area contributed by atoms with Gasteiger partial charge < -0.3 is 0 Å². The van der Waals surface area contributed by atoms with Gasteiger partial charge in [0.05, 0.1) is 0 Å². The van der Waals surface area contributed by atoms with Gasteiger partial charge in [-0.3, -0.25) is 0 Å². The SMILES string of the molecule is ClCC1(Cc2ccc3c(c2)CCC3)CCC1. The van der Waals surface area contributed by atoms with E-state index in [1.165, 1.54) is 50.5 Å². The molecule has 0 nitrogen and oxygen atoms in total. The highest BCUT2D eigenvalue weighted by atomic mass is 35.5. The zero-order chi connectivity index (χ0) is 11.0. The van der Waals surface area contributed by atoms with Crippen LogP contribution in [0.4, 0.5) is 0 Å². The third-order valence-electron chi connectivity index (χ3n) is 4.44. The van der Waals surface area contributed by atoms with Crippen LogP contribution in [0, 0.1) is 5.41 Å². The molecule has 0 N–H and O–H groups in total. The monoisotopic (exact) mass is 234 g/mol. The van der Waals surface area contributed by atoms with Gasteiger partial charge in [-0.05, 0) is 60.6 Å². The number of hydrogen-bond donors (Lipinski definition) is 0. The number of halogens is 1. The number of rotatable bonds is 3. The molecule has 0 atom stereocenters. The van der Waals surface area contributed by atoms with Crippen LogP contribution in [0.1, 0.15) is 42.4 Å². The predicted molar refractivity (Wildman–Crippen MR) is 69.2 cm³/mol. The topological polar surface area (TPSA) is 0 Å². The van der Waals surface area contributed by atoms with Crippen molar-refractivity contribution < 1.29 is 0 Å². The fourth-order valence-electron chi connectivity index (χ4n) is 3.20. The van der Waals surface area contributed by atoms with Gasteiger partial charge in [0.1, 0.15) is 0 Å². The lowest BCUT2D eigenvalue weighted by atomic mass is 9.67. The summed E-state index contributed by atoms with van der Waals surface area (Å²) in [4.78, 5) is 0. The molecule has 0 amide bonds. The summed E-state index contributed by atoms with van der Waals surface area (Å²) in [5.41, 5.74) is 5.13. The summed E-state index contributed by atoms with van der Waals surface area (Å²) in [6.07, 6.45) is 9.15. The van der Waals surface area contributed by atoms with Gasteiger partial charge in [-0.15, -0.1) is 11.6 Å². The molecule has 86 valence electrons. The van der Waals surface area contributed by atoms with Crippen LogP contribution >= 0.6 is 11.6 Å². The van der Waals surface area contributed by atoms with E-state index in [1.807, 2.05) is 0 Å². The average Bonchev–Trinajstić information content (AvgIpc) is 2.70. The van der Waals surface area contributed by atoms with Crippen LogP contribution in [-0.2, 0) is 19.3 Å². The van der Waals surface area contributed by atoms with E-state index in [1.54, 1.807) is 11.1 Å². The Hall–Kier alpha value is -0.490. The Bertz CT molecular complexity index is 385. The summed E-state index contributed by atoms with van der Waals surface area (Å²) in [6, 6.07) is 7.12. The van der Waals surface area contributed by atoms with Crippen molar-refractivity contribution in [2.45, 2.75) is 44.9 Å². The molecular weight excluding hydrogens is 216 g/mol. The summed E-state index contributed by atoms with van der Waals surface area (Å²) in [6.45, 7) is 0. The standard InChI is InChI=1S/C15H19Cl/c16-11-15(7-2-8-15)10-12-5-6-13-3-1-4-14(13)9-12/h5-6,9H,1-4,7-8,10-11H2. The van der Waals surface area contributed by atoms with Crippen molar-refractivity contribution in [2.75, 3.05) is 5.88 Å². The van der Waals surface area contributed by atoms with Gasteiger partial charge in [-0.25, -0.2) is 0 Å². The Morgan fingerprint density at radius 2 is 1.88 bits per heavy atom. The molecule has 0 spiro atoms. The number of benzene rings is 1. The molecule has 0 radical (unpaired) electrons. The van der Waals surface area contributed by atoms with Crippen LogP contribution in [0.15, 0.2) is 18.2 Å². The number of hydrogen-bond acceptors (Lipinski definition) is 0. The molecule has 0 aromatic heterocycles. The van der Waals surface area contributed by atoms with Crippen molar-refractivity contribution in [1.82, 2.24) is 0 Å². The molecular formula is C15H19Cl. The van der Waals surface area contributed by atoms with Crippen LogP contribution < -0.4 is 0 Å². The van der Waals surface area contributed by atoms with Gasteiger partial charge in [0, 0.05) is 5.88 Å². The third kappa shape index (κ3) is 1.78. The first-order valence-corrected chi connectivity index (χ1v) is 7.01. The molecule has 0 unspecified atom stereocenters. The summed E-state index contributed by atoms with van der Waals surface area (Å²) in [5, 5.41) is 0. The molecule has 16 heavy (non-hydrogen) atoms. The van der Waals surface area contributed by atoms with E-state index in [2.05, 4.69) is 18.2 Å². The molecule has 1 aromatic carbocycles. The van der Waals surface area contributed by atoms with Crippen LogP contribution in [0.5, 0.6) is 0 Å². The normalized spacial score (nSPS) is 21.6. The molecule has 1 aromatic rings. The first-order chi connectivity index (χ1) is 7.81. The maximum absolute atomic E-state index is 6.13. The Balaban J connectivity index is 1.80. The molecule has 2 aliphatic carbocycles. The molecule has 1 fully saturated rings. The molecule has 0 aliphatic heterocycles. The minimum Gasteiger partial charge on any atom is -0.126 e. The second kappa shape index (κ2) is 4.07. The van der Waals surface area contributed by atoms with Gasteiger partial charge in [0.25, 0.3) is 0 Å². The lowest BCUT2D eigenvalue weighted by Gasteiger charge is -2.40. The van der Waals surface area contributed by atoms with Gasteiger partial charge in [-0.2, -0.15) is 0 Å². The molecule has 2 aliphatic rings. The molecule has 0 saturated heterocycles. The van der Waals surface area contributed by atoms with E-state index in [0.29, 0.717) is 5.41 Å². The van der Waals surface area contributed by atoms with Gasteiger partial charge in [0.15, 0.2) is 0 Å². The van der Waals surface area contributed by atoms with E-state index < -0.39 is 0 Å². The van der Waals surface area contributed by atoms with Crippen molar-refractivity contribution >= 4 is 11.6 Å². The van der Waals surface area contributed by atoms with Crippen molar-refractivity contribution in [2.24, 2.45) is 5.41 Å². The Kier molecular flexibility index (Phi) is 2.71. The summed E-state index contributed by atoms with van der Waals surface area (Å²) < 4.78 is 0. The van der Waals surface area contributed by atoms with Gasteiger partial charge >= 0.3 is 0 Å². The Morgan fingerprint density at radius 1 is 1.06 bits per heavy atom. The van der Waals surface area contributed by atoms with E-state index in [4.69, 9.17) is 11.6 Å². The Morgan fingerprint density at radius 3 is 2.56 bits per heavy atom. The number of alkyl halides is 1. The maximum Gasteiger partial charge on any atom is 0.0283 e. The first-order valence-electron chi connectivity index (χ1n) is 6.48. The highest BCUT2D eigenvalue weighted by Crippen LogP contribution is 2.44. The van der Waals surface area contributed by atoms with Crippen LogP contribution in [0.25, 0.3) is 0 Å². The second-order valence-corrected chi connectivity index (χ2v) is 5.89. The maximum atomic E-state index is 6.13. The van der Waals surface area contributed by atoms with E-state index in [9.17, 15) is 0 Å². The van der Waals surface area contributed by atoms with Gasteiger partial charge in [0.2, 0.25) is 0 Å². The van der Waals surface area contributed by atoms with E-state index >= 15 is 0 Å². The van der Waals surface area contributed by atoms with E-state index in [-0.39, 0.29) is 0 Å². The summed E-state index contributed by atoms with van der Waals surface area (Å²) >= 11 is 6.13. The third-order valence-corrected chi connectivity index (χ3v) is 5.01. The number of fused-ring (bicyclic) bond motifs is 1. The van der Waals surface area contributed by atoms with Crippen LogP contribution in [-0.4, -0.2) is 5.88 Å². The smallest absolute Gasteiger partial charge is 0.0283 e. The largest absolute Gasteiger partial charge is 0.126 e. The zero-order valence-electron chi connectivity index (χ0n) is 9.77. The number of aryl methyl sites for hydroxylation is 2. The molecule has 3 rings (SSSR count). The minimum absolute atomic E-state index is 0.439. The van der Waals surface area contributed by atoms with Gasteiger partial charge in [-0.1, -0.05) is 24.6 Å². The van der Waals surface area contributed by atoms with E-state index in [0.717, 1.165) is 5.88 Å². The molecule has 1 heteroatoms. The van der Waals surface area contributed by atoms with Crippen LogP contribution in [0.2, 0.25) is 0 Å². The fourth-order valence-corrected chi connectivity index (χ4v) is 3.56. The summed E-state index contributed by atoms with van der Waals surface area (Å²) in [7, 11) is 0. The average molecular weight is 235 g/mol. The first kappa shape index (κ1) is 10.7.